The van der Waals surface area contributed by atoms with Gasteiger partial charge in [-0.25, -0.2) is 4.79 Å². The fourth-order valence-electron chi connectivity index (χ4n) is 3.61. The lowest BCUT2D eigenvalue weighted by Crippen LogP contribution is -2.52. The molecule has 1 amide bonds. The van der Waals surface area contributed by atoms with Crippen molar-refractivity contribution in [3.05, 3.63) is 50.8 Å². The number of anilines is 3. The zero-order valence-electron chi connectivity index (χ0n) is 12.2. The van der Waals surface area contributed by atoms with Gasteiger partial charge in [-0.1, -0.05) is 18.2 Å². The Kier molecular flexibility index (Phi) is 2.90. The summed E-state index contributed by atoms with van der Waals surface area (Å²) in [6.45, 7) is 0.842. The van der Waals surface area contributed by atoms with E-state index in [-0.39, 0.29) is 12.1 Å². The third-order valence-electron chi connectivity index (χ3n) is 4.70. The maximum absolute atomic E-state index is 12.0. The molecule has 0 aromatic heterocycles. The molecular weight excluding hydrogens is 298 g/mol. The number of likely N-dealkylation sites (tertiary alicyclic amines) is 1. The van der Waals surface area contributed by atoms with E-state index >= 15 is 0 Å². The third-order valence-corrected chi connectivity index (χ3v) is 4.70. The van der Waals surface area contributed by atoms with Crippen LogP contribution < -0.4 is 21.1 Å². The fourth-order valence-corrected chi connectivity index (χ4v) is 3.61. The minimum Gasteiger partial charge on any atom is -0.465 e. The van der Waals surface area contributed by atoms with E-state index in [1.54, 1.807) is 0 Å². The van der Waals surface area contributed by atoms with Crippen LogP contribution in [0.15, 0.2) is 39.9 Å². The summed E-state index contributed by atoms with van der Waals surface area (Å²) < 4.78 is 0. The van der Waals surface area contributed by atoms with Gasteiger partial charge < -0.3 is 20.2 Å². The van der Waals surface area contributed by atoms with Crippen molar-refractivity contribution in [3.8, 4) is 0 Å². The van der Waals surface area contributed by atoms with Gasteiger partial charge in [-0.2, -0.15) is 0 Å². The number of hydrogen-bond acceptors (Lipinski definition) is 5. The topological polar surface area (TPSA) is 89.9 Å². The maximum Gasteiger partial charge on any atom is 0.407 e. The summed E-state index contributed by atoms with van der Waals surface area (Å²) in [5.41, 5.74) is 0.462. The molecule has 2 bridgehead atoms. The number of piperazine rings is 1. The van der Waals surface area contributed by atoms with Crippen molar-refractivity contribution in [1.82, 2.24) is 4.90 Å². The largest absolute Gasteiger partial charge is 0.465 e. The van der Waals surface area contributed by atoms with E-state index in [2.05, 4.69) is 5.32 Å². The lowest BCUT2D eigenvalue weighted by Gasteiger charge is -2.35. The second-order valence-electron chi connectivity index (χ2n) is 6.00. The Morgan fingerprint density at radius 1 is 1.09 bits per heavy atom. The number of rotatable bonds is 3. The molecule has 7 nitrogen and oxygen atoms in total. The van der Waals surface area contributed by atoms with Crippen molar-refractivity contribution >= 4 is 23.2 Å². The van der Waals surface area contributed by atoms with Gasteiger partial charge in [-0.05, 0) is 18.6 Å². The highest BCUT2D eigenvalue weighted by molar-refractivity contribution is 5.81. The third kappa shape index (κ3) is 2.00. The molecule has 2 aromatic rings. The van der Waals surface area contributed by atoms with Crippen LogP contribution in [-0.2, 0) is 0 Å². The average Bonchev–Trinajstić information content (AvgIpc) is 3.15. The zero-order valence-corrected chi connectivity index (χ0v) is 12.2. The van der Waals surface area contributed by atoms with Gasteiger partial charge in [0.15, 0.2) is 0 Å². The number of fused-ring (bicyclic) bond motifs is 2. The van der Waals surface area contributed by atoms with E-state index in [1.165, 1.54) is 4.90 Å². The Balaban J connectivity index is 1.60. The predicted octanol–water partition coefficient (Wildman–Crippen LogP) is 0.967. The number of carbonyl (C=O) groups is 1. The van der Waals surface area contributed by atoms with Gasteiger partial charge in [-0.3, -0.25) is 9.59 Å². The minimum atomic E-state index is -0.926. The number of carboxylic acid groups (broad SMARTS) is 1. The first-order valence-electron chi connectivity index (χ1n) is 7.48. The second kappa shape index (κ2) is 4.84. The lowest BCUT2D eigenvalue weighted by molar-refractivity contribution is 0.137. The summed E-state index contributed by atoms with van der Waals surface area (Å²) >= 11 is 0. The van der Waals surface area contributed by atoms with Crippen molar-refractivity contribution < 1.29 is 9.90 Å². The number of para-hydroxylation sites is 1. The monoisotopic (exact) mass is 313 g/mol. The van der Waals surface area contributed by atoms with E-state index in [9.17, 15) is 14.4 Å². The van der Waals surface area contributed by atoms with Gasteiger partial charge in [0, 0.05) is 24.8 Å². The smallest absolute Gasteiger partial charge is 0.407 e. The molecule has 2 fully saturated rings. The van der Waals surface area contributed by atoms with Crippen LogP contribution in [0.1, 0.15) is 6.42 Å². The van der Waals surface area contributed by atoms with Gasteiger partial charge >= 0.3 is 6.09 Å². The summed E-state index contributed by atoms with van der Waals surface area (Å²) in [5.74, 6) is 0. The molecule has 2 aromatic carbocycles. The number of hydrogen-bond donors (Lipinski definition) is 2. The molecule has 0 spiro atoms. The number of nitrogens with zero attached hydrogens (tertiary/aromatic N) is 2. The lowest BCUT2D eigenvalue weighted by atomic mass is 10.1. The van der Waals surface area contributed by atoms with Crippen molar-refractivity contribution in [2.24, 2.45) is 0 Å². The van der Waals surface area contributed by atoms with Crippen LogP contribution in [0.25, 0.3) is 0 Å². The fraction of sp³-hybridized carbons (Fsp3) is 0.312. The van der Waals surface area contributed by atoms with Crippen LogP contribution >= 0.6 is 0 Å². The minimum absolute atomic E-state index is 0.0317. The summed E-state index contributed by atoms with van der Waals surface area (Å²) in [6, 6.07) is 9.06. The number of benzene rings is 1. The SMILES string of the molecule is O=C(O)N1C[C@@H]2C[C@H]1CN2c1c(Nc2ccccc2)c(=O)c1=O. The van der Waals surface area contributed by atoms with Crippen molar-refractivity contribution in [1.29, 1.82) is 0 Å². The van der Waals surface area contributed by atoms with Gasteiger partial charge in [0.05, 0.1) is 6.04 Å². The van der Waals surface area contributed by atoms with E-state index < -0.39 is 17.0 Å². The molecule has 4 rings (SSSR count). The first-order chi connectivity index (χ1) is 11.1. The van der Waals surface area contributed by atoms with E-state index in [4.69, 9.17) is 5.11 Å². The van der Waals surface area contributed by atoms with E-state index in [1.807, 2.05) is 35.2 Å². The van der Waals surface area contributed by atoms with Crippen molar-refractivity contribution in [2.75, 3.05) is 23.3 Å². The van der Waals surface area contributed by atoms with Crippen LogP contribution in [0.3, 0.4) is 0 Å². The van der Waals surface area contributed by atoms with Gasteiger partial charge in [-0.15, -0.1) is 0 Å². The number of amides is 1. The van der Waals surface area contributed by atoms with Crippen molar-refractivity contribution in [2.45, 2.75) is 18.5 Å². The summed E-state index contributed by atoms with van der Waals surface area (Å²) in [4.78, 5) is 38.4. The quantitative estimate of drug-likeness (QED) is 0.821. The molecule has 7 heteroatoms. The molecule has 0 saturated carbocycles. The number of nitrogens with one attached hydrogen (secondary N) is 1. The van der Waals surface area contributed by atoms with Gasteiger partial charge in [0.25, 0.3) is 10.9 Å². The Hall–Kier alpha value is -2.83. The predicted molar refractivity (Wildman–Crippen MR) is 85.3 cm³/mol. The highest BCUT2D eigenvalue weighted by atomic mass is 16.4. The van der Waals surface area contributed by atoms with E-state index in [0.29, 0.717) is 30.9 Å². The van der Waals surface area contributed by atoms with Crippen LogP contribution in [0, 0.1) is 0 Å². The van der Waals surface area contributed by atoms with Crippen LogP contribution in [0.2, 0.25) is 0 Å². The molecule has 2 aliphatic heterocycles. The first kappa shape index (κ1) is 13.8. The molecule has 2 N–H and O–H groups in total. The molecule has 118 valence electrons. The molecular formula is C16H15N3O4. The first-order valence-corrected chi connectivity index (χ1v) is 7.48. The van der Waals surface area contributed by atoms with Crippen LogP contribution in [0.5, 0.6) is 0 Å². The summed E-state index contributed by atoms with van der Waals surface area (Å²) in [6.07, 6.45) is -0.222. The highest BCUT2D eigenvalue weighted by Gasteiger charge is 2.47. The van der Waals surface area contributed by atoms with Crippen molar-refractivity contribution in [3.63, 3.8) is 0 Å². The van der Waals surface area contributed by atoms with Gasteiger partial charge in [0.2, 0.25) is 0 Å². The second-order valence-corrected chi connectivity index (χ2v) is 6.00. The molecule has 0 unspecified atom stereocenters. The van der Waals surface area contributed by atoms with Gasteiger partial charge in [0.1, 0.15) is 11.4 Å². The highest BCUT2D eigenvalue weighted by Crippen LogP contribution is 2.36. The zero-order chi connectivity index (χ0) is 16.1. The molecule has 23 heavy (non-hydrogen) atoms. The average molecular weight is 313 g/mol. The Morgan fingerprint density at radius 3 is 2.43 bits per heavy atom. The molecule has 0 aliphatic carbocycles. The normalized spacial score (nSPS) is 22.8. The molecule has 2 atom stereocenters. The summed E-state index contributed by atoms with van der Waals surface area (Å²) in [7, 11) is 0. The van der Waals surface area contributed by atoms with Crippen LogP contribution in [-0.4, -0.2) is 41.3 Å². The standard InChI is InChI=1S/C16H15N3O4/c20-14-12(17-9-4-2-1-3-5-9)13(15(14)21)18-7-11-6-10(18)8-19(11)16(22)23/h1-5,10-11,17H,6-8H2,(H,22,23)/t10-,11-/m0/s1. The Bertz CT molecular complexity index is 841. The Morgan fingerprint density at radius 2 is 1.83 bits per heavy atom. The molecule has 2 saturated heterocycles. The van der Waals surface area contributed by atoms with Crippen LogP contribution in [0.4, 0.5) is 21.9 Å². The molecule has 2 aliphatic rings. The Labute approximate surface area is 131 Å². The summed E-state index contributed by atoms with van der Waals surface area (Å²) in [5, 5.41) is 12.2. The maximum atomic E-state index is 12.0. The molecule has 2 heterocycles. The van der Waals surface area contributed by atoms with E-state index in [0.717, 1.165) is 5.69 Å². The molecule has 0 radical (unpaired) electrons.